The van der Waals surface area contributed by atoms with Crippen molar-refractivity contribution in [3.63, 3.8) is 0 Å². The van der Waals surface area contributed by atoms with Crippen molar-refractivity contribution >= 4 is 0 Å². The van der Waals surface area contributed by atoms with Crippen LogP contribution in [-0.4, -0.2) is 46.7 Å². The molecule has 0 aliphatic rings. The normalized spacial score (nSPS) is 16.6. The Bertz CT molecular complexity index is 372. The van der Waals surface area contributed by atoms with Crippen molar-refractivity contribution in [2.45, 2.75) is 58.7 Å². The highest BCUT2D eigenvalue weighted by atomic mass is 15.2. The minimum absolute atomic E-state index is 0.139. The number of imidazole rings is 1. The minimum Gasteiger partial charge on any atom is -0.335 e. The number of aryl methyl sites for hydroxylation is 1. The van der Waals surface area contributed by atoms with Gasteiger partial charge >= 0.3 is 0 Å². The van der Waals surface area contributed by atoms with E-state index < -0.39 is 0 Å². The van der Waals surface area contributed by atoms with Crippen LogP contribution in [0.1, 0.15) is 39.9 Å². The number of hydrogen-bond acceptors (Lipinski definition) is 3. The molecule has 1 heterocycles. The first-order valence-electron chi connectivity index (χ1n) is 7.40. The summed E-state index contributed by atoms with van der Waals surface area (Å²) in [4.78, 5) is 6.85. The van der Waals surface area contributed by atoms with Crippen LogP contribution in [0.25, 0.3) is 0 Å². The highest BCUT2D eigenvalue weighted by Gasteiger charge is 2.34. The summed E-state index contributed by atoms with van der Waals surface area (Å²) in [6.45, 7) is 10.9. The molecule has 1 aromatic rings. The Labute approximate surface area is 118 Å². The van der Waals surface area contributed by atoms with Crippen molar-refractivity contribution < 1.29 is 0 Å². The fourth-order valence-corrected chi connectivity index (χ4v) is 2.63. The van der Waals surface area contributed by atoms with E-state index in [4.69, 9.17) is 0 Å². The van der Waals surface area contributed by atoms with Gasteiger partial charge in [-0.25, -0.2) is 4.98 Å². The van der Waals surface area contributed by atoms with E-state index >= 15 is 0 Å². The van der Waals surface area contributed by atoms with Gasteiger partial charge in [0.15, 0.2) is 0 Å². The first-order chi connectivity index (χ1) is 8.99. The van der Waals surface area contributed by atoms with Crippen LogP contribution in [0, 0.1) is 0 Å². The summed E-state index contributed by atoms with van der Waals surface area (Å²) in [6, 6.07) is 0.408. The molecule has 0 saturated carbocycles. The number of rotatable bonds is 8. The van der Waals surface area contributed by atoms with Gasteiger partial charge < -0.3 is 14.8 Å². The average molecular weight is 266 g/mol. The molecule has 0 spiro atoms. The summed E-state index contributed by atoms with van der Waals surface area (Å²) in [5.41, 5.74) is 0.139. The first-order valence-corrected chi connectivity index (χ1v) is 7.40. The quantitative estimate of drug-likeness (QED) is 0.783. The van der Waals surface area contributed by atoms with E-state index in [0.29, 0.717) is 6.04 Å². The first kappa shape index (κ1) is 16.2. The van der Waals surface area contributed by atoms with Crippen molar-refractivity contribution in [2.75, 3.05) is 20.6 Å². The van der Waals surface area contributed by atoms with E-state index in [1.807, 2.05) is 6.20 Å². The second kappa shape index (κ2) is 7.06. The van der Waals surface area contributed by atoms with Gasteiger partial charge in [0, 0.05) is 36.9 Å². The second-order valence-corrected chi connectivity index (χ2v) is 5.55. The summed E-state index contributed by atoms with van der Waals surface area (Å²) in [5.74, 6) is 1.18. The Morgan fingerprint density at radius 1 is 1.37 bits per heavy atom. The number of nitrogens with zero attached hydrogens (tertiary/aromatic N) is 3. The van der Waals surface area contributed by atoms with Gasteiger partial charge in [-0.1, -0.05) is 13.8 Å². The van der Waals surface area contributed by atoms with Gasteiger partial charge in [0.1, 0.15) is 5.82 Å². The van der Waals surface area contributed by atoms with Gasteiger partial charge in [0.2, 0.25) is 0 Å². The zero-order valence-corrected chi connectivity index (χ0v) is 13.4. The van der Waals surface area contributed by atoms with Crippen LogP contribution in [0.5, 0.6) is 0 Å². The largest absolute Gasteiger partial charge is 0.335 e. The molecule has 110 valence electrons. The molecule has 2 unspecified atom stereocenters. The zero-order valence-electron chi connectivity index (χ0n) is 13.4. The third kappa shape index (κ3) is 3.57. The molecule has 0 saturated heterocycles. The van der Waals surface area contributed by atoms with Crippen molar-refractivity contribution in [2.24, 2.45) is 0 Å². The van der Waals surface area contributed by atoms with Crippen LogP contribution in [-0.2, 0) is 13.0 Å². The molecular weight excluding hydrogens is 236 g/mol. The molecule has 1 aromatic heterocycles. The van der Waals surface area contributed by atoms with Gasteiger partial charge in [0.05, 0.1) is 0 Å². The lowest BCUT2D eigenvalue weighted by atomic mass is 9.85. The molecule has 0 aliphatic heterocycles. The molecule has 19 heavy (non-hydrogen) atoms. The highest BCUT2D eigenvalue weighted by molar-refractivity contribution is 5.03. The van der Waals surface area contributed by atoms with Crippen molar-refractivity contribution in [1.29, 1.82) is 0 Å². The molecule has 0 amide bonds. The van der Waals surface area contributed by atoms with Gasteiger partial charge in [-0.05, 0) is 40.9 Å². The summed E-state index contributed by atoms with van der Waals surface area (Å²) in [7, 11) is 4.33. The highest BCUT2D eigenvalue weighted by Crippen LogP contribution is 2.23. The Morgan fingerprint density at radius 3 is 2.53 bits per heavy atom. The predicted octanol–water partition coefficient (Wildman–Crippen LogP) is 2.15. The van der Waals surface area contributed by atoms with Crippen LogP contribution in [0.15, 0.2) is 12.4 Å². The maximum absolute atomic E-state index is 4.52. The van der Waals surface area contributed by atoms with Gasteiger partial charge in [-0.3, -0.25) is 0 Å². The Balaban J connectivity index is 2.94. The van der Waals surface area contributed by atoms with Crippen molar-refractivity contribution in [1.82, 2.24) is 19.8 Å². The van der Waals surface area contributed by atoms with Gasteiger partial charge in [0.25, 0.3) is 0 Å². The van der Waals surface area contributed by atoms with Crippen LogP contribution in [0.3, 0.4) is 0 Å². The lowest BCUT2D eigenvalue weighted by Crippen LogP contribution is -2.58. The van der Waals surface area contributed by atoms with Gasteiger partial charge in [-0.2, -0.15) is 0 Å². The van der Waals surface area contributed by atoms with E-state index in [-0.39, 0.29) is 5.54 Å². The minimum atomic E-state index is 0.139. The summed E-state index contributed by atoms with van der Waals surface area (Å²) < 4.78 is 2.23. The summed E-state index contributed by atoms with van der Waals surface area (Å²) in [5, 5.41) is 3.65. The molecule has 2 atom stereocenters. The van der Waals surface area contributed by atoms with E-state index in [2.05, 4.69) is 67.8 Å². The van der Waals surface area contributed by atoms with E-state index in [1.54, 1.807) is 0 Å². The Morgan fingerprint density at radius 2 is 2.05 bits per heavy atom. The molecule has 4 heteroatoms. The fourth-order valence-electron chi connectivity index (χ4n) is 2.63. The van der Waals surface area contributed by atoms with E-state index in [1.165, 1.54) is 5.82 Å². The number of aromatic nitrogens is 2. The van der Waals surface area contributed by atoms with Crippen LogP contribution in [0.2, 0.25) is 0 Å². The smallest absolute Gasteiger partial charge is 0.110 e. The number of nitrogens with one attached hydrogen (secondary N) is 1. The Hall–Kier alpha value is -0.870. The molecular formula is C15H30N4. The summed E-state index contributed by atoms with van der Waals surface area (Å²) >= 11 is 0. The number of likely N-dealkylation sites (N-methyl/N-ethyl adjacent to an activating group) is 2. The maximum Gasteiger partial charge on any atom is 0.110 e. The Kier molecular flexibility index (Phi) is 6.01. The second-order valence-electron chi connectivity index (χ2n) is 5.55. The van der Waals surface area contributed by atoms with Gasteiger partial charge in [-0.15, -0.1) is 0 Å². The van der Waals surface area contributed by atoms with E-state index in [0.717, 1.165) is 25.9 Å². The van der Waals surface area contributed by atoms with Crippen molar-refractivity contribution in [3.05, 3.63) is 18.2 Å². The topological polar surface area (TPSA) is 33.1 Å². The molecule has 1 N–H and O–H groups in total. The van der Waals surface area contributed by atoms with Crippen LogP contribution in [0.4, 0.5) is 0 Å². The third-order valence-corrected chi connectivity index (χ3v) is 4.47. The molecule has 0 radical (unpaired) electrons. The molecule has 4 nitrogen and oxygen atoms in total. The molecule has 0 aromatic carbocycles. The lowest BCUT2D eigenvalue weighted by Gasteiger charge is -2.43. The third-order valence-electron chi connectivity index (χ3n) is 4.47. The van der Waals surface area contributed by atoms with Crippen LogP contribution >= 0.6 is 0 Å². The lowest BCUT2D eigenvalue weighted by molar-refractivity contribution is 0.112. The SMILES string of the molecule is CCNC(Cc1nccn1CC)C(C)(CC)N(C)C. The number of hydrogen-bond donors (Lipinski definition) is 1. The fraction of sp³-hybridized carbons (Fsp3) is 0.800. The average Bonchev–Trinajstić information content (AvgIpc) is 2.84. The van der Waals surface area contributed by atoms with Crippen molar-refractivity contribution in [3.8, 4) is 0 Å². The monoisotopic (exact) mass is 266 g/mol. The zero-order chi connectivity index (χ0) is 14.5. The molecule has 0 fully saturated rings. The summed E-state index contributed by atoms with van der Waals surface area (Å²) in [6.07, 6.45) is 6.06. The maximum atomic E-state index is 4.52. The van der Waals surface area contributed by atoms with Crippen LogP contribution < -0.4 is 5.32 Å². The predicted molar refractivity (Wildman–Crippen MR) is 81.5 cm³/mol. The molecule has 1 rings (SSSR count). The molecule has 0 aliphatic carbocycles. The van der Waals surface area contributed by atoms with E-state index in [9.17, 15) is 0 Å². The standard InChI is InChI=1S/C15H30N4/c1-7-15(4,18(5)6)13(16-8-2)12-14-17-10-11-19(14)9-3/h10-11,13,16H,7-9,12H2,1-6H3. The molecule has 0 bridgehead atoms.